The van der Waals surface area contributed by atoms with Crippen LogP contribution >= 0.6 is 9.12 Å². The van der Waals surface area contributed by atoms with Crippen molar-refractivity contribution in [1.82, 2.24) is 5.06 Å². The number of carbonyl (C=O) groups excluding carboxylic acids is 2. The summed E-state index contributed by atoms with van der Waals surface area (Å²) in [5.74, 6) is -1.31. The molecular weight excluding hydrogens is 229 g/mol. The summed E-state index contributed by atoms with van der Waals surface area (Å²) >= 11 is 0. The number of amides is 2. The van der Waals surface area contributed by atoms with Gasteiger partial charge in [0.05, 0.1) is 11.1 Å². The summed E-state index contributed by atoms with van der Waals surface area (Å²) < 4.78 is 8.06. The topological polar surface area (TPSA) is 74.7 Å². The molecule has 0 bridgehead atoms. The zero-order chi connectivity index (χ0) is 12.7. The second-order valence-electron chi connectivity index (χ2n) is 2.47. The van der Waals surface area contributed by atoms with E-state index in [4.69, 9.17) is 9.77 Å². The third-order valence-corrected chi connectivity index (χ3v) is 1.77. The van der Waals surface area contributed by atoms with Gasteiger partial charge in [-0.2, -0.15) is 0 Å². The highest BCUT2D eigenvalue weighted by Crippen LogP contribution is 2.19. The van der Waals surface area contributed by atoms with Crippen molar-refractivity contribution >= 4 is 20.9 Å². The van der Waals surface area contributed by atoms with E-state index >= 15 is 0 Å². The Kier molecular flexibility index (Phi) is 6.15. The maximum atomic E-state index is 11.1. The average Bonchev–Trinajstić information content (AvgIpc) is 2.60. The highest BCUT2D eigenvalue weighted by Gasteiger charge is 2.33. The minimum Gasteiger partial charge on any atom is -0.279 e. The quantitative estimate of drug-likeness (QED) is 0.429. The maximum Gasteiger partial charge on any atom is 0.285 e. The zero-order valence-corrected chi connectivity index (χ0v) is 9.93. The van der Waals surface area contributed by atoms with E-state index in [-0.39, 0.29) is 16.2 Å². The number of carbonyl (C=O) groups is 2. The molecule has 2 rings (SSSR count). The van der Waals surface area contributed by atoms with Gasteiger partial charge in [-0.15, -0.1) is 5.06 Å². The van der Waals surface area contributed by atoms with Gasteiger partial charge in [-0.25, -0.2) is 0 Å². The number of hydrogen-bond acceptors (Lipinski definition) is 4. The van der Waals surface area contributed by atoms with E-state index in [1.807, 2.05) is 13.8 Å². The molecule has 1 N–H and O–H groups in total. The summed E-state index contributed by atoms with van der Waals surface area (Å²) in [7, 11) is 1.72. The first-order chi connectivity index (χ1) is 7.72. The lowest BCUT2D eigenvalue weighted by atomic mass is 10.1. The molecule has 6 heteroatoms. The summed E-state index contributed by atoms with van der Waals surface area (Å²) in [4.78, 5) is 22.1. The first kappa shape index (κ1) is 14.4. The molecule has 2 amide bonds. The molecule has 16 heavy (non-hydrogen) atoms. The standard InChI is InChI=1S/C8H5NO3.C2H6.HOP/c10-7-5-3-1-2-4-6(5)8(11)9(7)12;2*1-2/h1-4,12H;1-2H3;2H. The predicted octanol–water partition coefficient (Wildman–Crippen LogP) is 2.17. The van der Waals surface area contributed by atoms with Crippen LogP contribution in [0.2, 0.25) is 0 Å². The molecule has 1 aromatic rings. The number of rotatable bonds is 0. The average molecular weight is 241 g/mol. The number of fused-ring (bicyclic) bond motifs is 1. The van der Waals surface area contributed by atoms with Crippen LogP contribution in [0.15, 0.2) is 24.3 Å². The van der Waals surface area contributed by atoms with Crippen molar-refractivity contribution in [2.45, 2.75) is 13.8 Å². The monoisotopic (exact) mass is 241 g/mol. The molecule has 0 atom stereocenters. The van der Waals surface area contributed by atoms with Crippen LogP contribution in [0, 0.1) is 0 Å². The molecule has 5 nitrogen and oxygen atoms in total. The summed E-state index contributed by atoms with van der Waals surface area (Å²) in [6, 6.07) is 6.30. The molecule has 0 saturated carbocycles. The fourth-order valence-electron chi connectivity index (χ4n) is 1.18. The van der Waals surface area contributed by atoms with Crippen LogP contribution in [0.4, 0.5) is 0 Å². The van der Waals surface area contributed by atoms with Crippen LogP contribution in [0.1, 0.15) is 34.6 Å². The predicted molar refractivity (Wildman–Crippen MR) is 59.1 cm³/mol. The Balaban J connectivity index is 0.000000509. The molecule has 86 valence electrons. The minimum absolute atomic E-state index is 0.130. The fraction of sp³-hybridized carbons (Fsp3) is 0.200. The second-order valence-corrected chi connectivity index (χ2v) is 2.47. The van der Waals surface area contributed by atoms with Gasteiger partial charge in [-0.05, 0) is 12.1 Å². The van der Waals surface area contributed by atoms with E-state index in [0.29, 0.717) is 0 Å². The molecule has 1 aliphatic rings. The minimum atomic E-state index is -0.657. The lowest BCUT2D eigenvalue weighted by molar-refractivity contribution is -0.0327. The van der Waals surface area contributed by atoms with Crippen molar-refractivity contribution in [2.24, 2.45) is 0 Å². The maximum absolute atomic E-state index is 11.1. The first-order valence-electron chi connectivity index (χ1n) is 4.59. The second kappa shape index (κ2) is 6.82. The van der Waals surface area contributed by atoms with Crippen molar-refractivity contribution in [3.05, 3.63) is 35.4 Å². The molecule has 0 unspecified atom stereocenters. The Hall–Kier alpha value is -1.58. The van der Waals surface area contributed by atoms with Crippen LogP contribution in [0.3, 0.4) is 0 Å². The van der Waals surface area contributed by atoms with Gasteiger partial charge < -0.3 is 0 Å². The molecule has 0 aliphatic carbocycles. The van der Waals surface area contributed by atoms with E-state index in [1.54, 1.807) is 21.3 Å². The van der Waals surface area contributed by atoms with Crippen LogP contribution in [-0.2, 0) is 4.57 Å². The van der Waals surface area contributed by atoms with Gasteiger partial charge in [0.2, 0.25) is 0 Å². The summed E-state index contributed by atoms with van der Waals surface area (Å²) in [5, 5.41) is 9.05. The smallest absolute Gasteiger partial charge is 0.279 e. The Bertz CT molecular complexity index is 359. The molecule has 0 spiro atoms. The molecule has 0 saturated heterocycles. The molecule has 1 aliphatic heterocycles. The molecule has 0 aromatic heterocycles. The lowest BCUT2D eigenvalue weighted by Crippen LogP contribution is -2.25. The van der Waals surface area contributed by atoms with Gasteiger partial charge in [-0.3, -0.25) is 19.4 Å². The van der Waals surface area contributed by atoms with Gasteiger partial charge in [0.25, 0.3) is 11.8 Å². The third kappa shape index (κ3) is 2.51. The SMILES string of the molecule is CC.O=C1c2ccccc2C(=O)N1O.O=P. The number of hydroxylamine groups is 2. The van der Waals surface area contributed by atoms with Crippen LogP contribution in [0.25, 0.3) is 0 Å². The molecule has 0 radical (unpaired) electrons. The summed E-state index contributed by atoms with van der Waals surface area (Å²) in [6.45, 7) is 4.00. The van der Waals surface area contributed by atoms with E-state index in [2.05, 4.69) is 0 Å². The Morgan fingerprint density at radius 2 is 1.31 bits per heavy atom. The lowest BCUT2D eigenvalue weighted by Gasteiger charge is -1.99. The Labute approximate surface area is 95.3 Å². The van der Waals surface area contributed by atoms with E-state index < -0.39 is 11.8 Å². The molecule has 1 aromatic carbocycles. The first-order valence-corrected chi connectivity index (χ1v) is 5.00. The largest absolute Gasteiger partial charge is 0.285 e. The zero-order valence-electron chi connectivity index (χ0n) is 8.93. The number of benzene rings is 1. The van der Waals surface area contributed by atoms with Crippen molar-refractivity contribution in [2.75, 3.05) is 0 Å². The van der Waals surface area contributed by atoms with Crippen molar-refractivity contribution < 1.29 is 19.4 Å². The number of hydrogen-bond donors (Lipinski definition) is 1. The van der Waals surface area contributed by atoms with E-state index in [9.17, 15) is 9.59 Å². The normalized spacial score (nSPS) is 12.1. The van der Waals surface area contributed by atoms with Gasteiger partial charge in [0.15, 0.2) is 0 Å². The Morgan fingerprint density at radius 1 is 1.00 bits per heavy atom. The van der Waals surface area contributed by atoms with Gasteiger partial charge >= 0.3 is 0 Å². The molecule has 1 heterocycles. The van der Waals surface area contributed by atoms with Gasteiger partial charge in [-0.1, -0.05) is 26.0 Å². The highest BCUT2D eigenvalue weighted by atomic mass is 31.0. The van der Waals surface area contributed by atoms with Crippen LogP contribution in [0.5, 0.6) is 0 Å². The third-order valence-electron chi connectivity index (χ3n) is 1.77. The van der Waals surface area contributed by atoms with Crippen molar-refractivity contribution in [1.29, 1.82) is 0 Å². The van der Waals surface area contributed by atoms with Crippen LogP contribution in [-0.4, -0.2) is 22.1 Å². The van der Waals surface area contributed by atoms with E-state index in [1.165, 1.54) is 12.1 Å². The molecule has 0 fully saturated rings. The summed E-state index contributed by atoms with van der Waals surface area (Å²) in [5.41, 5.74) is 0.509. The highest BCUT2D eigenvalue weighted by molar-refractivity contribution is 7.00. The molecular formula is C10H12NO4P. The van der Waals surface area contributed by atoms with Crippen molar-refractivity contribution in [3.8, 4) is 0 Å². The van der Waals surface area contributed by atoms with Crippen molar-refractivity contribution in [3.63, 3.8) is 0 Å². The van der Waals surface area contributed by atoms with Gasteiger partial charge in [0.1, 0.15) is 9.12 Å². The number of imide groups is 1. The fourth-order valence-corrected chi connectivity index (χ4v) is 1.18. The summed E-state index contributed by atoms with van der Waals surface area (Å²) in [6.07, 6.45) is 0. The van der Waals surface area contributed by atoms with E-state index in [0.717, 1.165) is 0 Å². The Morgan fingerprint density at radius 3 is 1.62 bits per heavy atom. The van der Waals surface area contributed by atoms with Gasteiger partial charge in [0, 0.05) is 0 Å². The number of nitrogens with zero attached hydrogens (tertiary/aromatic N) is 1. The van der Waals surface area contributed by atoms with Crippen LogP contribution < -0.4 is 0 Å².